The van der Waals surface area contributed by atoms with Crippen LogP contribution in [0.4, 0.5) is 0 Å². The summed E-state index contributed by atoms with van der Waals surface area (Å²) in [5.41, 5.74) is 5.55. The van der Waals surface area contributed by atoms with E-state index < -0.39 is 0 Å². The van der Waals surface area contributed by atoms with Gasteiger partial charge in [-0.25, -0.2) is 4.79 Å². The van der Waals surface area contributed by atoms with Crippen molar-refractivity contribution in [3.63, 3.8) is 0 Å². The second-order valence-electron chi connectivity index (χ2n) is 7.68. The van der Waals surface area contributed by atoms with E-state index in [4.69, 9.17) is 4.74 Å². The highest BCUT2D eigenvalue weighted by Gasteiger charge is 2.16. The molecule has 1 aliphatic heterocycles. The minimum Gasteiger partial charge on any atom is -0.465 e. The number of methoxy groups -OCH3 is 1. The van der Waals surface area contributed by atoms with E-state index in [1.54, 1.807) is 6.07 Å². The normalized spacial score (nSPS) is 16.6. The second-order valence-corrected chi connectivity index (χ2v) is 7.68. The summed E-state index contributed by atoms with van der Waals surface area (Å²) in [5, 5.41) is 4.76. The predicted molar refractivity (Wildman–Crippen MR) is 118 cm³/mol. The average molecular weight is 389 g/mol. The lowest BCUT2D eigenvalue weighted by Gasteiger charge is -2.24. The van der Waals surface area contributed by atoms with E-state index in [0.29, 0.717) is 11.6 Å². The van der Waals surface area contributed by atoms with Gasteiger partial charge in [0.1, 0.15) is 0 Å². The molecule has 0 bridgehead atoms. The molecular formula is C25H28N2O2. The topological polar surface area (TPSA) is 54.1 Å². The summed E-state index contributed by atoms with van der Waals surface area (Å²) >= 11 is 0. The molecule has 1 aliphatic rings. The van der Waals surface area contributed by atoms with Crippen LogP contribution in [0.2, 0.25) is 0 Å². The van der Waals surface area contributed by atoms with Crippen LogP contribution in [0.1, 0.15) is 47.2 Å². The van der Waals surface area contributed by atoms with Gasteiger partial charge in [-0.1, -0.05) is 55.0 Å². The van der Waals surface area contributed by atoms with Crippen molar-refractivity contribution in [2.75, 3.05) is 13.7 Å². The number of aryl methyl sites for hydroxylation is 1. The van der Waals surface area contributed by atoms with Crippen molar-refractivity contribution >= 4 is 22.4 Å². The molecule has 2 aromatic carbocycles. The van der Waals surface area contributed by atoms with E-state index >= 15 is 0 Å². The molecule has 2 heterocycles. The fourth-order valence-electron chi connectivity index (χ4n) is 4.27. The Morgan fingerprint density at radius 2 is 1.97 bits per heavy atom. The smallest absolute Gasteiger partial charge is 0.339 e. The Morgan fingerprint density at radius 3 is 2.79 bits per heavy atom. The Kier molecular flexibility index (Phi) is 6.11. The number of nitrogens with one attached hydrogen (secondary N) is 2. The first kappa shape index (κ1) is 19.5. The molecule has 29 heavy (non-hydrogen) atoms. The number of esters is 1. The minimum atomic E-state index is -0.297. The maximum absolute atomic E-state index is 11.9. The van der Waals surface area contributed by atoms with Gasteiger partial charge in [0.15, 0.2) is 0 Å². The molecule has 0 fully saturated rings. The highest BCUT2D eigenvalue weighted by atomic mass is 16.5. The maximum atomic E-state index is 11.9. The summed E-state index contributed by atoms with van der Waals surface area (Å²) in [5.74, 6) is -0.297. The van der Waals surface area contributed by atoms with E-state index in [1.807, 2.05) is 12.3 Å². The van der Waals surface area contributed by atoms with Gasteiger partial charge in [0.25, 0.3) is 0 Å². The van der Waals surface area contributed by atoms with Gasteiger partial charge in [0, 0.05) is 24.2 Å². The van der Waals surface area contributed by atoms with Gasteiger partial charge in [0.2, 0.25) is 0 Å². The molecule has 0 aliphatic carbocycles. The number of hydrogen-bond acceptors (Lipinski definition) is 3. The fourth-order valence-corrected chi connectivity index (χ4v) is 4.27. The van der Waals surface area contributed by atoms with Gasteiger partial charge in [0.05, 0.1) is 18.2 Å². The van der Waals surface area contributed by atoms with Crippen molar-refractivity contribution in [2.45, 2.75) is 38.1 Å². The van der Waals surface area contributed by atoms with Crippen molar-refractivity contribution in [1.29, 1.82) is 0 Å². The van der Waals surface area contributed by atoms with E-state index in [9.17, 15) is 4.79 Å². The molecular weight excluding hydrogens is 360 g/mol. The number of aromatic nitrogens is 1. The molecule has 4 nitrogen and oxygen atoms in total. The standard InChI is InChI=1S/C25H28N2O2/c1-29-25(28)23-13-7-12-22-20(17-27-24(22)23)10-5-6-11-21-16-19(14-15-26-21)18-8-3-2-4-9-18/h2-4,7-9,12-14,17,21,26-27H,5-6,10-11,15-16H2,1H3. The molecule has 4 rings (SSSR count). The third-order valence-electron chi connectivity index (χ3n) is 5.82. The molecule has 0 saturated carbocycles. The number of ether oxygens (including phenoxy) is 1. The summed E-state index contributed by atoms with van der Waals surface area (Å²) in [7, 11) is 1.42. The summed E-state index contributed by atoms with van der Waals surface area (Å²) in [6.45, 7) is 0.952. The third-order valence-corrected chi connectivity index (χ3v) is 5.82. The van der Waals surface area contributed by atoms with Gasteiger partial charge in [-0.15, -0.1) is 0 Å². The largest absolute Gasteiger partial charge is 0.465 e. The highest BCUT2D eigenvalue weighted by molar-refractivity contribution is 6.03. The minimum absolute atomic E-state index is 0.297. The third kappa shape index (κ3) is 4.43. The van der Waals surface area contributed by atoms with Gasteiger partial charge < -0.3 is 15.0 Å². The first-order valence-electron chi connectivity index (χ1n) is 10.4. The van der Waals surface area contributed by atoms with Crippen molar-refractivity contribution in [3.8, 4) is 0 Å². The average Bonchev–Trinajstić information content (AvgIpc) is 3.20. The molecule has 0 spiro atoms. The summed E-state index contributed by atoms with van der Waals surface area (Å²) in [4.78, 5) is 15.2. The van der Waals surface area contributed by atoms with Crippen LogP contribution in [0.5, 0.6) is 0 Å². The number of benzene rings is 2. The molecule has 0 saturated heterocycles. The fraction of sp³-hybridized carbons (Fsp3) is 0.320. The van der Waals surface area contributed by atoms with E-state index in [2.05, 4.69) is 52.8 Å². The van der Waals surface area contributed by atoms with Crippen LogP contribution in [-0.4, -0.2) is 30.6 Å². The molecule has 3 aromatic rings. The molecule has 1 aromatic heterocycles. The Morgan fingerprint density at radius 1 is 1.10 bits per heavy atom. The number of carbonyl (C=O) groups excluding carboxylic acids is 1. The van der Waals surface area contributed by atoms with Crippen LogP contribution in [0.25, 0.3) is 16.5 Å². The number of rotatable bonds is 7. The van der Waals surface area contributed by atoms with Crippen molar-refractivity contribution in [3.05, 3.63) is 77.5 Å². The predicted octanol–water partition coefficient (Wildman–Crippen LogP) is 5.11. The van der Waals surface area contributed by atoms with Crippen molar-refractivity contribution < 1.29 is 9.53 Å². The summed E-state index contributed by atoms with van der Waals surface area (Å²) in [6.07, 6.45) is 9.96. The zero-order valence-corrected chi connectivity index (χ0v) is 16.9. The quantitative estimate of drug-likeness (QED) is 0.437. The molecule has 150 valence electrons. The second kappa shape index (κ2) is 9.10. The first-order valence-corrected chi connectivity index (χ1v) is 10.4. The Hall–Kier alpha value is -2.85. The molecule has 0 radical (unpaired) electrons. The lowest BCUT2D eigenvalue weighted by molar-refractivity contribution is 0.0603. The first-order chi connectivity index (χ1) is 14.3. The van der Waals surface area contributed by atoms with Crippen LogP contribution in [-0.2, 0) is 11.2 Å². The number of H-pyrrole nitrogens is 1. The highest BCUT2D eigenvalue weighted by Crippen LogP contribution is 2.26. The SMILES string of the molecule is COC(=O)c1cccc2c(CCCCC3CC(c4ccccc4)=CCN3)c[nH]c12. The molecule has 1 atom stereocenters. The van der Waals surface area contributed by atoms with Crippen LogP contribution in [0.3, 0.4) is 0 Å². The van der Waals surface area contributed by atoms with Crippen LogP contribution in [0, 0.1) is 0 Å². The zero-order chi connectivity index (χ0) is 20.1. The molecule has 4 heteroatoms. The van der Waals surface area contributed by atoms with Crippen molar-refractivity contribution in [1.82, 2.24) is 10.3 Å². The monoisotopic (exact) mass is 388 g/mol. The lowest BCUT2D eigenvalue weighted by atomic mass is 9.92. The van der Waals surface area contributed by atoms with Crippen LogP contribution >= 0.6 is 0 Å². The van der Waals surface area contributed by atoms with Crippen LogP contribution < -0.4 is 5.32 Å². The molecule has 0 amide bonds. The molecule has 2 N–H and O–H groups in total. The molecule has 1 unspecified atom stereocenters. The number of para-hydroxylation sites is 1. The number of carbonyl (C=O) groups is 1. The van der Waals surface area contributed by atoms with Gasteiger partial charge in [-0.3, -0.25) is 0 Å². The Balaban J connectivity index is 1.31. The number of unbranched alkanes of at least 4 members (excludes halogenated alkanes) is 1. The maximum Gasteiger partial charge on any atom is 0.339 e. The van der Waals surface area contributed by atoms with Crippen molar-refractivity contribution in [2.24, 2.45) is 0 Å². The number of aromatic amines is 1. The van der Waals surface area contributed by atoms with Crippen LogP contribution in [0.15, 0.2) is 60.8 Å². The number of hydrogen-bond donors (Lipinski definition) is 2. The summed E-state index contributed by atoms with van der Waals surface area (Å²) < 4.78 is 4.89. The van der Waals surface area contributed by atoms with Gasteiger partial charge in [-0.05, 0) is 48.4 Å². The lowest BCUT2D eigenvalue weighted by Crippen LogP contribution is -2.32. The van der Waals surface area contributed by atoms with E-state index in [1.165, 1.54) is 36.7 Å². The van der Waals surface area contributed by atoms with E-state index in [0.717, 1.165) is 36.7 Å². The summed E-state index contributed by atoms with van der Waals surface area (Å²) in [6, 6.07) is 17.1. The Bertz CT molecular complexity index is 1000. The van der Waals surface area contributed by atoms with Gasteiger partial charge >= 0.3 is 5.97 Å². The zero-order valence-electron chi connectivity index (χ0n) is 16.9. The number of fused-ring (bicyclic) bond motifs is 1. The van der Waals surface area contributed by atoms with E-state index in [-0.39, 0.29) is 5.97 Å². The van der Waals surface area contributed by atoms with Gasteiger partial charge in [-0.2, -0.15) is 0 Å². The Labute approximate surface area is 172 Å².